The summed E-state index contributed by atoms with van der Waals surface area (Å²) in [5.74, 6) is -1.63. The highest BCUT2D eigenvalue weighted by atomic mass is 79.9. The largest absolute Gasteiger partial charge is 0.480 e. The van der Waals surface area contributed by atoms with Crippen LogP contribution in [0.1, 0.15) is 21.5 Å². The second-order valence-corrected chi connectivity index (χ2v) is 8.35. The molecule has 1 aromatic heterocycles. The zero-order valence-electron chi connectivity index (χ0n) is 17.8. The third-order valence-corrected chi connectivity index (χ3v) is 5.86. The summed E-state index contributed by atoms with van der Waals surface area (Å²) in [6.45, 7) is 1.78. The van der Waals surface area contributed by atoms with Crippen LogP contribution in [-0.2, 0) is 25.3 Å². The highest BCUT2D eigenvalue weighted by molar-refractivity contribution is 9.10. The summed E-state index contributed by atoms with van der Waals surface area (Å²) in [6, 6.07) is 10.9. The number of hydrogen-bond acceptors (Lipinski definition) is 4. The lowest BCUT2D eigenvalue weighted by molar-refractivity contribution is -0.139. The predicted molar refractivity (Wildman–Crippen MR) is 124 cm³/mol. The number of nitrogens with one attached hydrogen (secondary N) is 1. The molecule has 8 nitrogen and oxygen atoms in total. The van der Waals surface area contributed by atoms with Crippen LogP contribution in [0.2, 0.25) is 0 Å². The Morgan fingerprint density at radius 3 is 2.34 bits per heavy atom. The minimum atomic E-state index is -1.15. The number of hydrogen-bond donors (Lipinski definition) is 2. The lowest BCUT2D eigenvalue weighted by Crippen LogP contribution is -2.42. The van der Waals surface area contributed by atoms with Crippen LogP contribution >= 0.6 is 15.9 Å². The van der Waals surface area contributed by atoms with Gasteiger partial charge in [0.05, 0.1) is 11.1 Å². The lowest BCUT2D eigenvalue weighted by Gasteiger charge is -2.16. The predicted octanol–water partition coefficient (Wildman–Crippen LogP) is 2.25. The highest BCUT2D eigenvalue weighted by Gasteiger charge is 2.23. The van der Waals surface area contributed by atoms with Gasteiger partial charge in [-0.1, -0.05) is 36.4 Å². The molecule has 0 fully saturated rings. The Kier molecular flexibility index (Phi) is 6.78. The topological polar surface area (TPSA) is 110 Å². The smallest absolute Gasteiger partial charge is 0.330 e. The Balaban J connectivity index is 1.83. The molecular formula is C23H22BrN3O5. The second kappa shape index (κ2) is 9.35. The van der Waals surface area contributed by atoms with Crippen molar-refractivity contribution in [2.24, 2.45) is 14.1 Å². The van der Waals surface area contributed by atoms with Gasteiger partial charge >= 0.3 is 11.7 Å². The molecule has 166 valence electrons. The molecular weight excluding hydrogens is 478 g/mol. The number of carbonyl (C=O) groups is 2. The standard InChI is InChI=1S/C23H22BrN3O5/c1-13-5-4-6-17(24)19(13)20(28)25-18(22(30)31)11-14-7-9-15(10-8-14)16-12-26(2)23(32)27(3)21(16)29/h4-10,12,18H,11H2,1-3H3,(H,25,28)(H,30,31). The Hall–Kier alpha value is -3.46. The highest BCUT2D eigenvalue weighted by Crippen LogP contribution is 2.21. The number of amides is 1. The van der Waals surface area contributed by atoms with Crippen molar-refractivity contribution >= 4 is 27.8 Å². The summed E-state index contributed by atoms with van der Waals surface area (Å²) in [6.07, 6.45) is 1.54. The van der Waals surface area contributed by atoms with Gasteiger partial charge in [0.15, 0.2) is 0 Å². The first-order chi connectivity index (χ1) is 15.1. The molecule has 1 atom stereocenters. The molecule has 0 spiro atoms. The molecule has 0 saturated carbocycles. The zero-order chi connectivity index (χ0) is 23.6. The summed E-state index contributed by atoms with van der Waals surface area (Å²) in [4.78, 5) is 48.8. The van der Waals surface area contributed by atoms with Crippen LogP contribution in [0.4, 0.5) is 0 Å². The SMILES string of the molecule is Cc1cccc(Br)c1C(=O)NC(Cc1ccc(-c2cn(C)c(=O)n(C)c2=O)cc1)C(=O)O. The molecule has 9 heteroatoms. The number of benzene rings is 2. The molecule has 0 bridgehead atoms. The van der Waals surface area contributed by atoms with Gasteiger partial charge in [-0.3, -0.25) is 14.2 Å². The molecule has 1 heterocycles. The van der Waals surface area contributed by atoms with Crippen LogP contribution in [0.25, 0.3) is 11.1 Å². The number of carboxylic acid groups (broad SMARTS) is 1. The van der Waals surface area contributed by atoms with Crippen LogP contribution in [0.3, 0.4) is 0 Å². The van der Waals surface area contributed by atoms with E-state index in [2.05, 4.69) is 21.2 Å². The third kappa shape index (κ3) is 4.72. The minimum Gasteiger partial charge on any atom is -0.480 e. The molecule has 1 unspecified atom stereocenters. The molecule has 3 rings (SSSR count). The van der Waals surface area contributed by atoms with Crippen LogP contribution in [-0.4, -0.2) is 32.2 Å². The maximum atomic E-state index is 12.7. The number of aryl methyl sites for hydroxylation is 2. The lowest BCUT2D eigenvalue weighted by atomic mass is 10.0. The summed E-state index contributed by atoms with van der Waals surface area (Å²) in [7, 11) is 2.97. The maximum absolute atomic E-state index is 12.7. The van der Waals surface area contributed by atoms with Crippen LogP contribution in [0, 0.1) is 6.92 Å². The van der Waals surface area contributed by atoms with E-state index < -0.39 is 29.2 Å². The van der Waals surface area contributed by atoms with Gasteiger partial charge in [-0.25, -0.2) is 9.59 Å². The summed E-state index contributed by atoms with van der Waals surface area (Å²) >= 11 is 3.34. The molecule has 0 radical (unpaired) electrons. The monoisotopic (exact) mass is 499 g/mol. The van der Waals surface area contributed by atoms with Gasteiger partial charge < -0.3 is 15.0 Å². The molecule has 3 aromatic rings. The van der Waals surface area contributed by atoms with Crippen molar-refractivity contribution in [2.75, 3.05) is 0 Å². The first kappa shape index (κ1) is 23.2. The van der Waals surface area contributed by atoms with Crippen LogP contribution in [0.15, 0.2) is 62.7 Å². The fourth-order valence-electron chi connectivity index (χ4n) is 3.41. The minimum absolute atomic E-state index is 0.0656. The van der Waals surface area contributed by atoms with E-state index in [1.807, 2.05) is 0 Å². The molecule has 32 heavy (non-hydrogen) atoms. The number of carboxylic acids is 1. The van der Waals surface area contributed by atoms with Crippen LogP contribution < -0.4 is 16.6 Å². The number of aromatic nitrogens is 2. The zero-order valence-corrected chi connectivity index (χ0v) is 19.3. The van der Waals surface area contributed by atoms with Crippen molar-refractivity contribution in [1.29, 1.82) is 0 Å². The van der Waals surface area contributed by atoms with Gasteiger partial charge in [-0.2, -0.15) is 0 Å². The molecule has 2 aromatic carbocycles. The van der Waals surface area contributed by atoms with Crippen molar-refractivity contribution in [3.8, 4) is 11.1 Å². The maximum Gasteiger partial charge on any atom is 0.330 e. The molecule has 0 aliphatic heterocycles. The molecule has 0 aliphatic rings. The van der Waals surface area contributed by atoms with Crippen molar-refractivity contribution in [2.45, 2.75) is 19.4 Å². The van der Waals surface area contributed by atoms with Crippen molar-refractivity contribution < 1.29 is 14.7 Å². The number of halogens is 1. The Morgan fingerprint density at radius 2 is 1.75 bits per heavy atom. The number of aliphatic carboxylic acids is 1. The van der Waals surface area contributed by atoms with Gasteiger partial charge in [0, 0.05) is 31.2 Å². The Morgan fingerprint density at radius 1 is 1.09 bits per heavy atom. The Labute approximate surface area is 192 Å². The van der Waals surface area contributed by atoms with E-state index in [1.54, 1.807) is 56.4 Å². The van der Waals surface area contributed by atoms with Crippen molar-refractivity contribution in [3.05, 3.63) is 90.7 Å². The third-order valence-electron chi connectivity index (χ3n) is 5.20. The molecule has 2 N–H and O–H groups in total. The van der Waals surface area contributed by atoms with E-state index >= 15 is 0 Å². The van der Waals surface area contributed by atoms with E-state index in [-0.39, 0.29) is 6.42 Å². The average Bonchev–Trinajstić information content (AvgIpc) is 2.74. The molecule has 0 saturated heterocycles. The quantitative estimate of drug-likeness (QED) is 0.540. The number of carbonyl (C=O) groups excluding carboxylic acids is 1. The summed E-state index contributed by atoms with van der Waals surface area (Å²) in [5, 5.41) is 12.2. The number of nitrogens with zero attached hydrogens (tertiary/aromatic N) is 2. The second-order valence-electron chi connectivity index (χ2n) is 7.50. The van der Waals surface area contributed by atoms with E-state index in [4.69, 9.17) is 0 Å². The number of rotatable bonds is 6. The Bertz CT molecular complexity index is 1290. The van der Waals surface area contributed by atoms with Gasteiger partial charge in [0.1, 0.15) is 6.04 Å². The van der Waals surface area contributed by atoms with E-state index in [0.29, 0.717) is 26.7 Å². The summed E-state index contributed by atoms with van der Waals surface area (Å²) < 4.78 is 2.94. The fraction of sp³-hybridized carbons (Fsp3) is 0.217. The molecule has 0 aliphatic carbocycles. The van der Waals surface area contributed by atoms with Crippen molar-refractivity contribution in [3.63, 3.8) is 0 Å². The first-order valence-corrected chi connectivity index (χ1v) is 10.5. The normalized spacial score (nSPS) is 11.8. The average molecular weight is 500 g/mol. The summed E-state index contributed by atoms with van der Waals surface area (Å²) in [5.41, 5.74) is 1.91. The van der Waals surface area contributed by atoms with Gasteiger partial charge in [0.2, 0.25) is 0 Å². The molecule has 1 amide bonds. The van der Waals surface area contributed by atoms with Gasteiger partial charge in [-0.05, 0) is 45.6 Å². The van der Waals surface area contributed by atoms with E-state index in [0.717, 1.165) is 10.1 Å². The first-order valence-electron chi connectivity index (χ1n) is 9.75. The fourth-order valence-corrected chi connectivity index (χ4v) is 4.06. The van der Waals surface area contributed by atoms with Gasteiger partial charge in [0.25, 0.3) is 11.5 Å². The van der Waals surface area contributed by atoms with Crippen LogP contribution in [0.5, 0.6) is 0 Å². The van der Waals surface area contributed by atoms with E-state index in [9.17, 15) is 24.3 Å². The van der Waals surface area contributed by atoms with Crippen molar-refractivity contribution in [1.82, 2.24) is 14.5 Å². The van der Waals surface area contributed by atoms with Gasteiger partial charge in [-0.15, -0.1) is 0 Å². The van der Waals surface area contributed by atoms with E-state index in [1.165, 1.54) is 17.8 Å².